The van der Waals surface area contributed by atoms with Crippen molar-refractivity contribution in [3.8, 4) is 6.07 Å². The smallest absolute Gasteiger partial charge is 0.272 e. The number of nitrogens with zero attached hydrogens (tertiary/aromatic N) is 3. The second-order valence-corrected chi connectivity index (χ2v) is 5.39. The van der Waals surface area contributed by atoms with Crippen molar-refractivity contribution in [3.05, 3.63) is 29.6 Å². The molecule has 0 radical (unpaired) electrons. The van der Waals surface area contributed by atoms with Gasteiger partial charge in [-0.1, -0.05) is 19.8 Å². The highest BCUT2D eigenvalue weighted by Crippen LogP contribution is 2.27. The number of nitriles is 1. The van der Waals surface area contributed by atoms with E-state index >= 15 is 0 Å². The van der Waals surface area contributed by atoms with Crippen molar-refractivity contribution >= 4 is 5.91 Å². The first-order valence-corrected chi connectivity index (χ1v) is 6.75. The maximum Gasteiger partial charge on any atom is 0.272 e. The Morgan fingerprint density at radius 2 is 2.26 bits per heavy atom. The maximum atomic E-state index is 12.3. The molecule has 0 N–H and O–H groups in total. The number of rotatable bonds is 2. The molecule has 1 heterocycles. The predicted molar refractivity (Wildman–Crippen MR) is 72.5 cm³/mol. The molecule has 1 aliphatic carbocycles. The average molecular weight is 257 g/mol. The lowest BCUT2D eigenvalue weighted by molar-refractivity contribution is 0.0666. The lowest BCUT2D eigenvalue weighted by atomic mass is 9.86. The van der Waals surface area contributed by atoms with Gasteiger partial charge >= 0.3 is 0 Å². The molecule has 1 amide bonds. The summed E-state index contributed by atoms with van der Waals surface area (Å²) in [6.45, 7) is 2.24. The molecule has 2 rings (SSSR count). The van der Waals surface area contributed by atoms with Crippen LogP contribution in [0.2, 0.25) is 0 Å². The molecular weight excluding hydrogens is 238 g/mol. The van der Waals surface area contributed by atoms with Crippen molar-refractivity contribution in [2.24, 2.45) is 5.92 Å². The predicted octanol–water partition coefficient (Wildman–Crippen LogP) is 2.60. The molecule has 4 nitrogen and oxygen atoms in total. The molecule has 1 aliphatic rings. The van der Waals surface area contributed by atoms with Gasteiger partial charge < -0.3 is 4.90 Å². The summed E-state index contributed by atoms with van der Waals surface area (Å²) in [6.07, 6.45) is 6.03. The minimum Gasteiger partial charge on any atom is -0.337 e. The lowest BCUT2D eigenvalue weighted by Gasteiger charge is -2.34. The standard InChI is InChI=1S/C15H19N3O/c1-11-4-3-5-13(8-11)18(2)15(19)14-7-6-12(9-16)10-17-14/h6-7,10-11,13H,3-5,8H2,1-2H3. The monoisotopic (exact) mass is 257 g/mol. The Hall–Kier alpha value is -1.89. The minimum atomic E-state index is -0.0522. The van der Waals surface area contributed by atoms with Crippen molar-refractivity contribution in [2.75, 3.05) is 7.05 Å². The van der Waals surface area contributed by atoms with Crippen molar-refractivity contribution in [1.29, 1.82) is 5.26 Å². The molecule has 1 aromatic heterocycles. The fourth-order valence-corrected chi connectivity index (χ4v) is 2.69. The Labute approximate surface area is 114 Å². The Kier molecular flexibility index (Phi) is 4.16. The van der Waals surface area contributed by atoms with Crippen LogP contribution in [0.25, 0.3) is 0 Å². The minimum absolute atomic E-state index is 0.0522. The van der Waals surface area contributed by atoms with Gasteiger partial charge in [-0.3, -0.25) is 4.79 Å². The highest BCUT2D eigenvalue weighted by atomic mass is 16.2. The van der Waals surface area contributed by atoms with E-state index in [0.29, 0.717) is 23.2 Å². The van der Waals surface area contributed by atoms with Gasteiger partial charge in [-0.25, -0.2) is 4.98 Å². The van der Waals surface area contributed by atoms with E-state index in [-0.39, 0.29) is 5.91 Å². The number of aromatic nitrogens is 1. The summed E-state index contributed by atoms with van der Waals surface area (Å²) in [7, 11) is 1.85. The van der Waals surface area contributed by atoms with Crippen LogP contribution in [-0.4, -0.2) is 28.9 Å². The molecule has 1 aromatic rings. The van der Waals surface area contributed by atoms with E-state index in [1.807, 2.05) is 18.0 Å². The molecule has 0 saturated heterocycles. The molecule has 0 aromatic carbocycles. The Balaban J connectivity index is 2.07. The van der Waals surface area contributed by atoms with Crippen molar-refractivity contribution in [2.45, 2.75) is 38.6 Å². The Morgan fingerprint density at radius 3 is 2.84 bits per heavy atom. The Morgan fingerprint density at radius 1 is 1.47 bits per heavy atom. The third kappa shape index (κ3) is 3.11. The molecule has 4 heteroatoms. The van der Waals surface area contributed by atoms with Gasteiger partial charge in [-0.05, 0) is 30.9 Å². The SMILES string of the molecule is CC1CCCC(N(C)C(=O)c2ccc(C#N)cn2)C1. The molecule has 100 valence electrons. The molecular formula is C15H19N3O. The fraction of sp³-hybridized carbons (Fsp3) is 0.533. The van der Waals surface area contributed by atoms with Gasteiger partial charge in [0.25, 0.3) is 5.91 Å². The third-order valence-corrected chi connectivity index (χ3v) is 3.89. The van der Waals surface area contributed by atoms with Crippen LogP contribution < -0.4 is 0 Å². The first kappa shape index (κ1) is 13.5. The summed E-state index contributed by atoms with van der Waals surface area (Å²) in [5.41, 5.74) is 0.894. The molecule has 0 aliphatic heterocycles. The van der Waals surface area contributed by atoms with E-state index in [1.54, 1.807) is 12.1 Å². The molecule has 0 bridgehead atoms. The van der Waals surface area contributed by atoms with Gasteiger partial charge in [-0.15, -0.1) is 0 Å². The van der Waals surface area contributed by atoms with Crippen molar-refractivity contribution < 1.29 is 4.79 Å². The van der Waals surface area contributed by atoms with Gasteiger partial charge in [0, 0.05) is 19.3 Å². The first-order chi connectivity index (χ1) is 9.11. The van der Waals surface area contributed by atoms with Crippen LogP contribution in [0.15, 0.2) is 18.3 Å². The zero-order chi connectivity index (χ0) is 13.8. The Bertz CT molecular complexity index is 489. The summed E-state index contributed by atoms with van der Waals surface area (Å²) in [4.78, 5) is 18.2. The van der Waals surface area contributed by atoms with E-state index in [2.05, 4.69) is 11.9 Å². The number of amides is 1. The first-order valence-electron chi connectivity index (χ1n) is 6.75. The molecule has 2 unspecified atom stereocenters. The molecule has 1 saturated carbocycles. The number of pyridine rings is 1. The summed E-state index contributed by atoms with van der Waals surface area (Å²) in [5.74, 6) is 0.631. The van der Waals surface area contributed by atoms with E-state index in [0.717, 1.165) is 12.8 Å². The normalized spacial score (nSPS) is 22.6. The van der Waals surface area contributed by atoms with Gasteiger partial charge in [0.15, 0.2) is 0 Å². The van der Waals surface area contributed by atoms with Gasteiger partial charge in [0.2, 0.25) is 0 Å². The van der Waals surface area contributed by atoms with Crippen LogP contribution in [0.3, 0.4) is 0 Å². The van der Waals surface area contributed by atoms with Gasteiger partial charge in [0.05, 0.1) is 5.56 Å². The number of carbonyl (C=O) groups excluding carboxylic acids is 1. The zero-order valence-electron chi connectivity index (χ0n) is 11.5. The molecule has 1 fully saturated rings. The topological polar surface area (TPSA) is 57.0 Å². The lowest BCUT2D eigenvalue weighted by Crippen LogP contribution is -2.40. The van der Waals surface area contributed by atoms with Crippen molar-refractivity contribution in [1.82, 2.24) is 9.88 Å². The fourth-order valence-electron chi connectivity index (χ4n) is 2.69. The second kappa shape index (κ2) is 5.83. The van der Waals surface area contributed by atoms with Crippen LogP contribution >= 0.6 is 0 Å². The quantitative estimate of drug-likeness (QED) is 0.818. The summed E-state index contributed by atoms with van der Waals surface area (Å²) in [5, 5.41) is 8.72. The van der Waals surface area contributed by atoms with Crippen LogP contribution in [0, 0.1) is 17.2 Å². The summed E-state index contributed by atoms with van der Waals surface area (Å²) < 4.78 is 0. The van der Waals surface area contributed by atoms with Crippen LogP contribution in [-0.2, 0) is 0 Å². The third-order valence-electron chi connectivity index (χ3n) is 3.89. The molecule has 19 heavy (non-hydrogen) atoms. The van der Waals surface area contributed by atoms with E-state index < -0.39 is 0 Å². The van der Waals surface area contributed by atoms with E-state index in [1.165, 1.54) is 19.0 Å². The summed E-state index contributed by atoms with van der Waals surface area (Å²) in [6, 6.07) is 5.58. The molecule has 0 spiro atoms. The highest BCUT2D eigenvalue weighted by molar-refractivity contribution is 5.92. The zero-order valence-corrected chi connectivity index (χ0v) is 11.5. The highest BCUT2D eigenvalue weighted by Gasteiger charge is 2.26. The number of carbonyl (C=O) groups is 1. The number of hydrogen-bond acceptors (Lipinski definition) is 3. The molecule has 2 atom stereocenters. The largest absolute Gasteiger partial charge is 0.337 e. The number of hydrogen-bond donors (Lipinski definition) is 0. The van der Waals surface area contributed by atoms with Gasteiger partial charge in [0.1, 0.15) is 11.8 Å². The maximum absolute atomic E-state index is 12.3. The average Bonchev–Trinajstić information content (AvgIpc) is 2.46. The van der Waals surface area contributed by atoms with E-state index in [9.17, 15) is 4.79 Å². The van der Waals surface area contributed by atoms with Crippen LogP contribution in [0.4, 0.5) is 0 Å². The van der Waals surface area contributed by atoms with E-state index in [4.69, 9.17) is 5.26 Å². The van der Waals surface area contributed by atoms with Crippen molar-refractivity contribution in [3.63, 3.8) is 0 Å². The van der Waals surface area contributed by atoms with Gasteiger partial charge in [-0.2, -0.15) is 5.26 Å². The second-order valence-electron chi connectivity index (χ2n) is 5.39. The van der Waals surface area contributed by atoms with Crippen LogP contribution in [0.5, 0.6) is 0 Å². The summed E-state index contributed by atoms with van der Waals surface area (Å²) >= 11 is 0. The van der Waals surface area contributed by atoms with Crippen LogP contribution in [0.1, 0.15) is 48.7 Å².